The van der Waals surface area contributed by atoms with Crippen molar-refractivity contribution < 1.29 is 14.3 Å². The second kappa shape index (κ2) is 7.14. The van der Waals surface area contributed by atoms with Crippen LogP contribution in [0.3, 0.4) is 0 Å². The molecule has 1 aromatic rings. The molecule has 1 aromatic carbocycles. The van der Waals surface area contributed by atoms with Gasteiger partial charge in [-0.25, -0.2) is 0 Å². The third kappa shape index (κ3) is 4.91. The number of nitrogens with two attached hydrogens (primary N) is 1. The van der Waals surface area contributed by atoms with Crippen LogP contribution in [0.15, 0.2) is 24.3 Å². The van der Waals surface area contributed by atoms with Gasteiger partial charge in [-0.2, -0.15) is 0 Å². The smallest absolute Gasteiger partial charge is 0.325 e. The fraction of sp³-hybridized carbons (Fsp3) is 0.533. The molecule has 0 bridgehead atoms. The second-order valence-electron chi connectivity index (χ2n) is 4.98. The van der Waals surface area contributed by atoms with Crippen molar-refractivity contribution in [3.63, 3.8) is 0 Å². The summed E-state index contributed by atoms with van der Waals surface area (Å²) in [5.74, 6) is 0.540. The zero-order chi connectivity index (χ0) is 14.3. The van der Waals surface area contributed by atoms with Crippen molar-refractivity contribution in [3.05, 3.63) is 29.8 Å². The van der Waals surface area contributed by atoms with Gasteiger partial charge in [0.1, 0.15) is 11.3 Å². The highest BCUT2D eigenvalue weighted by Crippen LogP contribution is 2.17. The Morgan fingerprint density at radius 1 is 1.32 bits per heavy atom. The number of esters is 1. The van der Waals surface area contributed by atoms with E-state index in [1.165, 1.54) is 7.11 Å². The second-order valence-corrected chi connectivity index (χ2v) is 4.98. The molecule has 0 aliphatic rings. The summed E-state index contributed by atoms with van der Waals surface area (Å²) in [7, 11) is 1.36. The summed E-state index contributed by atoms with van der Waals surface area (Å²) >= 11 is 0. The standard InChI is InChI=1S/C15H23NO3/c1-12-8-4-5-9-13(12)19-11-7-6-10-15(2,16)14(17)18-3/h4-5,8-9H,6-7,10-11,16H2,1-3H3. The summed E-state index contributed by atoms with van der Waals surface area (Å²) < 4.78 is 10.3. The molecule has 1 rings (SSSR count). The third-order valence-electron chi connectivity index (χ3n) is 3.09. The minimum absolute atomic E-state index is 0.368. The van der Waals surface area contributed by atoms with Gasteiger partial charge >= 0.3 is 5.97 Å². The SMILES string of the molecule is COC(=O)C(C)(N)CCCCOc1ccccc1C. The van der Waals surface area contributed by atoms with Gasteiger partial charge in [0.2, 0.25) is 0 Å². The first kappa shape index (κ1) is 15.5. The highest BCUT2D eigenvalue weighted by atomic mass is 16.5. The molecule has 0 saturated heterocycles. The topological polar surface area (TPSA) is 61.5 Å². The number of carbonyl (C=O) groups is 1. The molecule has 0 aromatic heterocycles. The number of aryl methyl sites for hydroxylation is 1. The van der Waals surface area contributed by atoms with Gasteiger partial charge in [0.25, 0.3) is 0 Å². The lowest BCUT2D eigenvalue weighted by atomic mass is 9.96. The maximum atomic E-state index is 11.4. The van der Waals surface area contributed by atoms with Gasteiger partial charge in [-0.15, -0.1) is 0 Å². The van der Waals surface area contributed by atoms with Crippen molar-refractivity contribution in [2.24, 2.45) is 5.73 Å². The molecule has 0 aliphatic heterocycles. The molecule has 4 heteroatoms. The van der Waals surface area contributed by atoms with Gasteiger partial charge < -0.3 is 15.2 Å². The quantitative estimate of drug-likeness (QED) is 0.607. The van der Waals surface area contributed by atoms with Crippen molar-refractivity contribution in [1.82, 2.24) is 0 Å². The molecule has 0 saturated carbocycles. The summed E-state index contributed by atoms with van der Waals surface area (Å²) in [4.78, 5) is 11.4. The lowest BCUT2D eigenvalue weighted by Gasteiger charge is -2.21. The molecule has 19 heavy (non-hydrogen) atoms. The third-order valence-corrected chi connectivity index (χ3v) is 3.09. The largest absolute Gasteiger partial charge is 0.493 e. The molecule has 2 N–H and O–H groups in total. The van der Waals surface area contributed by atoms with Gasteiger partial charge in [0.15, 0.2) is 0 Å². The minimum atomic E-state index is -0.905. The Balaban J connectivity index is 2.25. The summed E-state index contributed by atoms with van der Waals surface area (Å²) in [6.45, 7) is 4.34. The number of hydrogen-bond acceptors (Lipinski definition) is 4. The lowest BCUT2D eigenvalue weighted by Crippen LogP contribution is -2.45. The number of ether oxygens (including phenoxy) is 2. The van der Waals surface area contributed by atoms with E-state index in [0.29, 0.717) is 13.0 Å². The molecular formula is C15H23NO3. The predicted molar refractivity (Wildman–Crippen MR) is 75.1 cm³/mol. The first-order chi connectivity index (χ1) is 8.97. The zero-order valence-corrected chi connectivity index (χ0v) is 11.9. The lowest BCUT2D eigenvalue weighted by molar-refractivity contribution is -0.146. The van der Waals surface area contributed by atoms with Crippen molar-refractivity contribution in [3.8, 4) is 5.75 Å². The fourth-order valence-corrected chi connectivity index (χ4v) is 1.83. The van der Waals surface area contributed by atoms with Crippen LogP contribution < -0.4 is 10.5 Å². The van der Waals surface area contributed by atoms with Crippen LogP contribution in [-0.2, 0) is 9.53 Å². The summed E-state index contributed by atoms with van der Waals surface area (Å²) in [5.41, 5.74) is 6.09. The Hall–Kier alpha value is -1.55. The van der Waals surface area contributed by atoms with Crippen LogP contribution in [0.4, 0.5) is 0 Å². The van der Waals surface area contributed by atoms with Crippen LogP contribution in [0.2, 0.25) is 0 Å². The Morgan fingerprint density at radius 3 is 2.63 bits per heavy atom. The molecule has 1 unspecified atom stereocenters. The van der Waals surface area contributed by atoms with Crippen LogP contribution in [0.25, 0.3) is 0 Å². The molecule has 106 valence electrons. The van der Waals surface area contributed by atoms with Crippen molar-refractivity contribution in [2.75, 3.05) is 13.7 Å². The number of rotatable bonds is 7. The van der Waals surface area contributed by atoms with Crippen LogP contribution in [0, 0.1) is 6.92 Å². The summed E-state index contributed by atoms with van der Waals surface area (Å²) in [5, 5.41) is 0. The van der Waals surface area contributed by atoms with E-state index >= 15 is 0 Å². The van der Waals surface area contributed by atoms with Crippen molar-refractivity contribution >= 4 is 5.97 Å². The molecular weight excluding hydrogens is 242 g/mol. The molecule has 0 amide bonds. The van der Waals surface area contributed by atoms with E-state index in [0.717, 1.165) is 24.2 Å². The molecule has 0 aliphatic carbocycles. The van der Waals surface area contributed by atoms with Crippen molar-refractivity contribution in [2.45, 2.75) is 38.6 Å². The van der Waals surface area contributed by atoms with E-state index in [1.807, 2.05) is 31.2 Å². The average molecular weight is 265 g/mol. The zero-order valence-electron chi connectivity index (χ0n) is 11.9. The molecule has 0 fully saturated rings. The van der Waals surface area contributed by atoms with Crippen LogP contribution >= 0.6 is 0 Å². The maximum absolute atomic E-state index is 11.4. The highest BCUT2D eigenvalue weighted by molar-refractivity contribution is 5.79. The maximum Gasteiger partial charge on any atom is 0.325 e. The Kier molecular flexibility index (Phi) is 5.83. The first-order valence-corrected chi connectivity index (χ1v) is 6.53. The molecule has 1 atom stereocenters. The van der Waals surface area contributed by atoms with Gasteiger partial charge in [-0.1, -0.05) is 18.2 Å². The van der Waals surface area contributed by atoms with Gasteiger partial charge in [-0.05, 0) is 44.7 Å². The van der Waals surface area contributed by atoms with E-state index < -0.39 is 5.54 Å². The predicted octanol–water partition coefficient (Wildman–Crippen LogP) is 2.43. The summed E-state index contributed by atoms with van der Waals surface area (Å²) in [6, 6.07) is 7.91. The van der Waals surface area contributed by atoms with E-state index in [2.05, 4.69) is 4.74 Å². The van der Waals surface area contributed by atoms with Crippen LogP contribution in [0.5, 0.6) is 5.75 Å². The normalized spacial score (nSPS) is 13.7. The molecule has 0 heterocycles. The van der Waals surface area contributed by atoms with Crippen molar-refractivity contribution in [1.29, 1.82) is 0 Å². The van der Waals surface area contributed by atoms with Crippen LogP contribution in [-0.4, -0.2) is 25.2 Å². The van der Waals surface area contributed by atoms with E-state index in [4.69, 9.17) is 10.5 Å². The Morgan fingerprint density at radius 2 is 2.00 bits per heavy atom. The van der Waals surface area contributed by atoms with Gasteiger partial charge in [-0.3, -0.25) is 4.79 Å². The highest BCUT2D eigenvalue weighted by Gasteiger charge is 2.28. The number of methoxy groups -OCH3 is 1. The first-order valence-electron chi connectivity index (χ1n) is 6.53. The van der Waals surface area contributed by atoms with Crippen LogP contribution in [0.1, 0.15) is 31.7 Å². The average Bonchev–Trinajstić information content (AvgIpc) is 2.39. The monoisotopic (exact) mass is 265 g/mol. The minimum Gasteiger partial charge on any atom is -0.493 e. The fourth-order valence-electron chi connectivity index (χ4n) is 1.83. The number of para-hydroxylation sites is 1. The Bertz CT molecular complexity index is 416. The van der Waals surface area contributed by atoms with E-state index in [-0.39, 0.29) is 5.97 Å². The van der Waals surface area contributed by atoms with Gasteiger partial charge in [0, 0.05) is 0 Å². The number of hydrogen-bond donors (Lipinski definition) is 1. The summed E-state index contributed by atoms with van der Waals surface area (Å²) in [6.07, 6.45) is 2.28. The van der Waals surface area contributed by atoms with E-state index in [1.54, 1.807) is 6.92 Å². The number of benzene rings is 1. The molecule has 0 radical (unpaired) electrons. The molecule has 4 nitrogen and oxygen atoms in total. The number of unbranched alkanes of at least 4 members (excludes halogenated alkanes) is 1. The molecule has 0 spiro atoms. The Labute approximate surface area is 114 Å². The number of carbonyl (C=O) groups excluding carboxylic acids is 1. The van der Waals surface area contributed by atoms with E-state index in [9.17, 15) is 4.79 Å². The van der Waals surface area contributed by atoms with Gasteiger partial charge in [0.05, 0.1) is 13.7 Å².